The van der Waals surface area contributed by atoms with Crippen LogP contribution in [-0.2, 0) is 80.6 Å². The highest BCUT2D eigenvalue weighted by Crippen LogP contribution is 2.58. The van der Waals surface area contributed by atoms with E-state index in [9.17, 15) is 20.1 Å². The molecule has 0 aromatic rings. The first kappa shape index (κ1) is 56.7. The van der Waals surface area contributed by atoms with Gasteiger partial charge in [-0.2, -0.15) is 0 Å². The summed E-state index contributed by atoms with van der Waals surface area (Å²) >= 11 is 0. The number of methoxy groups -OCH3 is 1. The Morgan fingerprint density at radius 3 is 2.11 bits per heavy atom. The molecule has 0 saturated carbocycles. The molecule has 33 atom stereocenters. The molecular formula is C62H90O20. The first-order valence-corrected chi connectivity index (χ1v) is 31.8. The number of carbonyl (C=O) groups excluding carboxylic acids is 1. The van der Waals surface area contributed by atoms with Crippen molar-refractivity contribution in [1.29, 1.82) is 0 Å². The number of aliphatic hydroxyl groups is 3. The van der Waals surface area contributed by atoms with Gasteiger partial charge in [0.2, 0.25) is 0 Å². The van der Waals surface area contributed by atoms with Crippen molar-refractivity contribution in [3.05, 3.63) is 24.3 Å². The van der Waals surface area contributed by atoms with Crippen molar-refractivity contribution >= 4 is 5.97 Å². The molecule has 16 aliphatic rings. The SMILES string of the molecule is C=C1C(C[C@@H]2O[C@H]3C[C@H]4O[C@@]5(C[C@@H]6O[C@]7(C[C@H](C)[C@@H]8O[C@@H]9CC(C(O)CO)O[C@@H]9C[C@@H]8O7)C[C@H](C)[C@@H]6O5)C[C@H]4O[C@H]3[C@H](C)[C@H]2O)O[C@@H](CC[C@@H]2O[C@@H](CC[C@@]34CC5O[C@H]6C(O[C@H]7CC[C@H](CC(=O)OC)O[C@@H]7[C@@H]6O3)[C@H]5O4)CC2=C)C[C@H]1C. The van der Waals surface area contributed by atoms with Crippen LogP contribution in [0.3, 0.4) is 0 Å². The van der Waals surface area contributed by atoms with Crippen molar-refractivity contribution in [1.82, 2.24) is 0 Å². The number of esters is 1. The summed E-state index contributed by atoms with van der Waals surface area (Å²) in [6.07, 6.45) is 4.90. The number of hydrogen-bond donors (Lipinski definition) is 3. The zero-order valence-corrected chi connectivity index (χ0v) is 48.5. The summed E-state index contributed by atoms with van der Waals surface area (Å²) in [6, 6.07) is 0. The standard InChI is InChI=1S/C62H90O20/c1-27-14-33(8-10-37-28(2)15-35(68-37)12-13-60-24-48-56(81-60)57-58(76-48)59(82-60)55-38(73-57)11-9-34(70-55)16-50(65)67-7)69-39(31(27)5)17-44-51(66)32(6)54-45(72-44)20-43-47(75-54)23-62(77-43)25-49-53(80-62)30(4)22-61(79-49)21-29(3)52-46(78-61)19-41-42(74-52)18-40(71-41)36(64)26-63/h27,29-30,32-49,51-59,63-64,66H,2,5,8-26H2,1,3-4,6-7H3/t27-,29+,30+,32-,33+,34-,35+,36?,37+,38+,39?,40?,41-,42-,43-,44+,45+,46+,47-,48?,49+,51-,52+,53+,54+,55+,56+,57?,58+,59+,60+,61-,62+/m1/s1. The highest BCUT2D eigenvalue weighted by molar-refractivity contribution is 5.69. The minimum atomic E-state index is -0.934. The lowest BCUT2D eigenvalue weighted by Gasteiger charge is -2.54. The Labute approximate surface area is 481 Å². The van der Waals surface area contributed by atoms with Gasteiger partial charge in [0, 0.05) is 70.1 Å². The normalized spacial score (nSPS) is 56.4. The van der Waals surface area contributed by atoms with E-state index in [1.807, 2.05) is 0 Å². The number of carbonyl (C=O) groups is 1. The van der Waals surface area contributed by atoms with Gasteiger partial charge in [-0.05, 0) is 73.8 Å². The molecule has 6 bridgehead atoms. The van der Waals surface area contributed by atoms with E-state index in [0.29, 0.717) is 64.2 Å². The van der Waals surface area contributed by atoms with E-state index in [1.54, 1.807) is 0 Å². The molecule has 458 valence electrons. The summed E-state index contributed by atoms with van der Waals surface area (Å²) in [5.41, 5.74) is 2.14. The Balaban J connectivity index is 0.535. The lowest BCUT2D eigenvalue weighted by molar-refractivity contribution is -0.369. The van der Waals surface area contributed by atoms with Gasteiger partial charge in [-0.25, -0.2) is 0 Å². The molecule has 0 radical (unpaired) electrons. The molecule has 16 fully saturated rings. The summed E-state index contributed by atoms with van der Waals surface area (Å²) in [7, 11) is 1.40. The molecule has 0 aromatic heterocycles. The molecule has 16 heterocycles. The van der Waals surface area contributed by atoms with Gasteiger partial charge in [-0.3, -0.25) is 4.79 Å². The molecule has 0 amide bonds. The number of ether oxygens (including phenoxy) is 16. The predicted octanol–water partition coefficient (Wildman–Crippen LogP) is 4.94. The van der Waals surface area contributed by atoms with Crippen LogP contribution in [0.2, 0.25) is 0 Å². The molecule has 5 unspecified atom stereocenters. The first-order chi connectivity index (χ1) is 39.4. The number of rotatable bonds is 12. The van der Waals surface area contributed by atoms with Crippen molar-refractivity contribution in [3.63, 3.8) is 0 Å². The predicted molar refractivity (Wildman–Crippen MR) is 285 cm³/mol. The van der Waals surface area contributed by atoms with Crippen LogP contribution in [0.4, 0.5) is 0 Å². The summed E-state index contributed by atoms with van der Waals surface area (Å²) in [4.78, 5) is 12.2. The van der Waals surface area contributed by atoms with Gasteiger partial charge in [0.1, 0.15) is 36.6 Å². The Kier molecular flexibility index (Phi) is 14.9. The van der Waals surface area contributed by atoms with Gasteiger partial charge in [-0.15, -0.1) is 0 Å². The molecule has 2 spiro atoms. The monoisotopic (exact) mass is 1150 g/mol. The second kappa shape index (κ2) is 21.5. The average Bonchev–Trinajstić information content (AvgIpc) is 2.88. The van der Waals surface area contributed by atoms with E-state index < -0.39 is 41.8 Å². The zero-order valence-electron chi connectivity index (χ0n) is 48.5. The van der Waals surface area contributed by atoms with E-state index in [4.69, 9.17) is 75.8 Å². The third-order valence-corrected chi connectivity index (χ3v) is 22.6. The smallest absolute Gasteiger partial charge is 0.308 e. The van der Waals surface area contributed by atoms with Crippen LogP contribution >= 0.6 is 0 Å². The third kappa shape index (κ3) is 9.89. The first-order valence-electron chi connectivity index (χ1n) is 31.8. The van der Waals surface area contributed by atoms with E-state index >= 15 is 0 Å². The van der Waals surface area contributed by atoms with Gasteiger partial charge in [0.05, 0.1) is 142 Å². The van der Waals surface area contributed by atoms with E-state index in [0.717, 1.165) is 56.1 Å². The largest absolute Gasteiger partial charge is 0.469 e. The van der Waals surface area contributed by atoms with Crippen LogP contribution in [0.15, 0.2) is 24.3 Å². The molecular weight excluding hydrogens is 1060 g/mol. The highest BCUT2D eigenvalue weighted by Gasteiger charge is 2.70. The van der Waals surface area contributed by atoms with Crippen LogP contribution in [0.5, 0.6) is 0 Å². The van der Waals surface area contributed by atoms with Gasteiger partial charge < -0.3 is 91.1 Å². The third-order valence-electron chi connectivity index (χ3n) is 22.6. The van der Waals surface area contributed by atoms with Crippen molar-refractivity contribution in [2.24, 2.45) is 23.7 Å². The molecule has 16 rings (SSSR count). The lowest BCUT2D eigenvalue weighted by atomic mass is 9.78. The summed E-state index contributed by atoms with van der Waals surface area (Å²) in [5.74, 6) is -2.38. The maximum Gasteiger partial charge on any atom is 0.308 e. The van der Waals surface area contributed by atoms with E-state index in [1.165, 1.54) is 7.11 Å². The molecule has 20 heteroatoms. The number of aliphatic hydroxyl groups excluding tert-OH is 3. The van der Waals surface area contributed by atoms with E-state index in [2.05, 4.69) is 40.9 Å². The molecule has 3 N–H and O–H groups in total. The minimum absolute atomic E-state index is 0.0130. The fourth-order valence-corrected chi connectivity index (χ4v) is 18.5. The maximum atomic E-state index is 12.2. The fraction of sp³-hybridized carbons (Fsp3) is 0.919. The summed E-state index contributed by atoms with van der Waals surface area (Å²) in [6.45, 7) is 17.4. The molecule has 16 aliphatic heterocycles. The molecule has 82 heavy (non-hydrogen) atoms. The van der Waals surface area contributed by atoms with Crippen molar-refractivity contribution < 1.29 is 95.9 Å². The fourth-order valence-electron chi connectivity index (χ4n) is 18.5. The van der Waals surface area contributed by atoms with Crippen molar-refractivity contribution in [2.75, 3.05) is 13.7 Å². The average molecular weight is 1160 g/mol. The molecule has 0 aliphatic carbocycles. The van der Waals surface area contributed by atoms with Gasteiger partial charge >= 0.3 is 5.97 Å². The summed E-state index contributed by atoms with van der Waals surface area (Å²) in [5, 5.41) is 31.9. The Hall–Kier alpha value is -1.77. The highest BCUT2D eigenvalue weighted by atomic mass is 16.8. The van der Waals surface area contributed by atoms with Crippen LogP contribution in [0.1, 0.15) is 143 Å². The number of fused-ring (bicyclic) bond motifs is 6. The number of hydrogen-bond acceptors (Lipinski definition) is 20. The molecule has 20 nitrogen and oxygen atoms in total. The second-order valence-corrected chi connectivity index (χ2v) is 28.2. The second-order valence-electron chi connectivity index (χ2n) is 28.2. The van der Waals surface area contributed by atoms with Crippen LogP contribution in [0.25, 0.3) is 0 Å². The molecule has 0 aromatic carbocycles. The molecule has 16 saturated heterocycles. The van der Waals surface area contributed by atoms with Crippen molar-refractivity contribution in [3.8, 4) is 0 Å². The quantitative estimate of drug-likeness (QED) is 0.174. The van der Waals surface area contributed by atoms with Crippen LogP contribution in [0, 0.1) is 23.7 Å². The topological polar surface area (TPSA) is 225 Å². The van der Waals surface area contributed by atoms with Crippen molar-refractivity contribution in [2.45, 2.75) is 319 Å². The van der Waals surface area contributed by atoms with Crippen LogP contribution in [-0.4, -0.2) is 211 Å². The lowest BCUT2D eigenvalue weighted by Crippen LogP contribution is -2.62. The van der Waals surface area contributed by atoms with Crippen LogP contribution < -0.4 is 0 Å². The minimum Gasteiger partial charge on any atom is -0.469 e. The van der Waals surface area contributed by atoms with E-state index in [-0.39, 0.29) is 177 Å². The Morgan fingerprint density at radius 2 is 1.28 bits per heavy atom. The van der Waals surface area contributed by atoms with Gasteiger partial charge in [0.15, 0.2) is 17.4 Å². The van der Waals surface area contributed by atoms with Gasteiger partial charge in [0.25, 0.3) is 0 Å². The Morgan fingerprint density at radius 1 is 0.585 bits per heavy atom. The summed E-state index contributed by atoms with van der Waals surface area (Å²) < 4.78 is 107. The zero-order chi connectivity index (χ0) is 56.3. The van der Waals surface area contributed by atoms with Gasteiger partial charge in [-0.1, -0.05) is 40.9 Å². The maximum absolute atomic E-state index is 12.2. The Bertz CT molecular complexity index is 2410.